The van der Waals surface area contributed by atoms with Crippen LogP contribution < -0.4 is 5.69 Å². The molecular formula is C24H24N4O. The quantitative estimate of drug-likeness (QED) is 0.443. The van der Waals surface area contributed by atoms with Crippen LogP contribution in [0.1, 0.15) is 11.4 Å². The zero-order valence-corrected chi connectivity index (χ0v) is 17.4. The van der Waals surface area contributed by atoms with E-state index < -0.39 is 0 Å². The maximum absolute atomic E-state index is 13.4. The molecule has 5 heteroatoms. The molecule has 5 rings (SSSR count). The van der Waals surface area contributed by atoms with Crippen LogP contribution in [0.3, 0.4) is 0 Å². The molecule has 29 heavy (non-hydrogen) atoms. The third-order valence-corrected chi connectivity index (χ3v) is 6.30. The first-order chi connectivity index (χ1) is 13.9. The summed E-state index contributed by atoms with van der Waals surface area (Å²) >= 11 is 0. The number of aryl methyl sites for hydroxylation is 2. The van der Waals surface area contributed by atoms with E-state index in [0.717, 1.165) is 44.6 Å². The van der Waals surface area contributed by atoms with Gasteiger partial charge in [0.25, 0.3) is 0 Å². The van der Waals surface area contributed by atoms with Gasteiger partial charge in [-0.05, 0) is 26.0 Å². The summed E-state index contributed by atoms with van der Waals surface area (Å²) in [7, 11) is 5.96. The van der Waals surface area contributed by atoms with Crippen LogP contribution in [0.5, 0.6) is 0 Å². The Labute approximate surface area is 169 Å². The number of para-hydroxylation sites is 2. The van der Waals surface area contributed by atoms with Gasteiger partial charge in [-0.2, -0.15) is 0 Å². The molecule has 0 fully saturated rings. The number of rotatable bonds is 2. The van der Waals surface area contributed by atoms with Gasteiger partial charge < -0.3 is 9.13 Å². The van der Waals surface area contributed by atoms with E-state index in [9.17, 15) is 4.79 Å². The van der Waals surface area contributed by atoms with E-state index in [1.807, 2.05) is 37.7 Å². The number of hydrogen-bond acceptors (Lipinski definition) is 1. The molecule has 0 aliphatic carbocycles. The van der Waals surface area contributed by atoms with Crippen molar-refractivity contribution in [2.24, 2.45) is 21.1 Å². The van der Waals surface area contributed by atoms with E-state index in [2.05, 4.69) is 65.7 Å². The molecule has 5 aromatic rings. The van der Waals surface area contributed by atoms with Gasteiger partial charge in [0.05, 0.1) is 11.4 Å². The monoisotopic (exact) mass is 384 g/mol. The number of nitrogens with zero attached hydrogens (tertiary/aromatic N) is 4. The molecule has 2 aromatic carbocycles. The number of hydrogen-bond donors (Lipinski definition) is 0. The average Bonchev–Trinajstić information content (AvgIpc) is 3.27. The Bertz CT molecular complexity index is 1470. The molecule has 0 unspecified atom stereocenters. The van der Waals surface area contributed by atoms with Crippen LogP contribution in [0.15, 0.2) is 59.5 Å². The summed E-state index contributed by atoms with van der Waals surface area (Å²) in [5.41, 5.74) is 7.35. The van der Waals surface area contributed by atoms with Crippen molar-refractivity contribution in [1.29, 1.82) is 0 Å². The van der Waals surface area contributed by atoms with Gasteiger partial charge in [-0.15, -0.1) is 0 Å². The molecule has 0 bridgehead atoms. The summed E-state index contributed by atoms with van der Waals surface area (Å²) < 4.78 is 7.92. The predicted octanol–water partition coefficient (Wildman–Crippen LogP) is 4.44. The highest BCUT2D eigenvalue weighted by Gasteiger charge is 2.25. The molecule has 0 amide bonds. The van der Waals surface area contributed by atoms with Gasteiger partial charge in [0.2, 0.25) is 0 Å². The van der Waals surface area contributed by atoms with E-state index in [1.165, 1.54) is 5.52 Å². The molecule has 146 valence electrons. The fourth-order valence-corrected chi connectivity index (χ4v) is 4.54. The van der Waals surface area contributed by atoms with Crippen LogP contribution >= 0.6 is 0 Å². The second-order valence-corrected chi connectivity index (χ2v) is 7.79. The maximum Gasteiger partial charge on any atom is 0.333 e. The molecule has 0 N–H and O–H groups in total. The first-order valence-electron chi connectivity index (χ1n) is 9.79. The largest absolute Gasteiger partial charge is 0.348 e. The zero-order valence-electron chi connectivity index (χ0n) is 17.4. The molecular weight excluding hydrogens is 360 g/mol. The molecule has 3 heterocycles. The Kier molecular flexibility index (Phi) is 3.65. The lowest BCUT2D eigenvalue weighted by Crippen LogP contribution is -2.21. The van der Waals surface area contributed by atoms with Crippen molar-refractivity contribution < 1.29 is 0 Å². The minimum Gasteiger partial charge on any atom is -0.348 e. The van der Waals surface area contributed by atoms with Gasteiger partial charge in [0, 0.05) is 66.1 Å². The van der Waals surface area contributed by atoms with E-state index in [0.29, 0.717) is 0 Å². The molecule has 0 saturated heterocycles. The Hall–Kier alpha value is -3.47. The van der Waals surface area contributed by atoms with Crippen LogP contribution in [0.4, 0.5) is 0 Å². The van der Waals surface area contributed by atoms with Crippen molar-refractivity contribution in [3.8, 4) is 16.9 Å². The fraction of sp³-hybridized carbons (Fsp3) is 0.208. The average molecular weight is 384 g/mol. The zero-order chi connectivity index (χ0) is 20.4. The smallest absolute Gasteiger partial charge is 0.333 e. The third-order valence-electron chi connectivity index (χ3n) is 6.30. The van der Waals surface area contributed by atoms with Gasteiger partial charge in [-0.25, -0.2) is 4.79 Å². The second kappa shape index (κ2) is 6.01. The van der Waals surface area contributed by atoms with Crippen molar-refractivity contribution in [3.05, 3.63) is 76.6 Å². The van der Waals surface area contributed by atoms with Gasteiger partial charge in [-0.3, -0.25) is 9.13 Å². The van der Waals surface area contributed by atoms with E-state index in [4.69, 9.17) is 0 Å². The highest BCUT2D eigenvalue weighted by Crippen LogP contribution is 2.37. The molecule has 0 radical (unpaired) electrons. The summed E-state index contributed by atoms with van der Waals surface area (Å²) in [5.74, 6) is 0. The SMILES string of the molecule is Cc1c(-c2c(C)n(C)c3ccccc23)n(-c2cn(C)c3ccccc23)c(=O)n1C. The molecule has 0 aliphatic rings. The van der Waals surface area contributed by atoms with Gasteiger partial charge in [-0.1, -0.05) is 36.4 Å². The number of fused-ring (bicyclic) bond motifs is 2. The summed E-state index contributed by atoms with van der Waals surface area (Å²) in [6.07, 6.45) is 2.05. The molecule has 3 aromatic heterocycles. The Morgan fingerprint density at radius 2 is 1.34 bits per heavy atom. The van der Waals surface area contributed by atoms with Crippen LogP contribution in [0.2, 0.25) is 0 Å². The Balaban J connectivity index is 1.97. The lowest BCUT2D eigenvalue weighted by Gasteiger charge is -2.09. The minimum absolute atomic E-state index is 0.0267. The van der Waals surface area contributed by atoms with E-state index in [-0.39, 0.29) is 5.69 Å². The second-order valence-electron chi connectivity index (χ2n) is 7.79. The van der Waals surface area contributed by atoms with Crippen LogP contribution in [-0.2, 0) is 21.1 Å². The van der Waals surface area contributed by atoms with Gasteiger partial charge in [0.1, 0.15) is 0 Å². The first kappa shape index (κ1) is 17.6. The van der Waals surface area contributed by atoms with Gasteiger partial charge in [0.15, 0.2) is 0 Å². The standard InChI is InChI=1S/C24H24N4O/c1-15-22(18-11-7-9-13-20(18)26(15)4)23-16(2)27(5)24(29)28(23)21-14-25(3)19-12-8-6-10-17(19)21/h6-14H,1-5H3. The van der Waals surface area contributed by atoms with Crippen molar-refractivity contribution in [2.75, 3.05) is 0 Å². The highest BCUT2D eigenvalue weighted by atomic mass is 16.1. The normalized spacial score (nSPS) is 11.8. The number of benzene rings is 2. The Morgan fingerprint density at radius 1 is 0.724 bits per heavy atom. The molecule has 5 nitrogen and oxygen atoms in total. The van der Waals surface area contributed by atoms with Crippen LogP contribution in [-0.4, -0.2) is 18.3 Å². The van der Waals surface area contributed by atoms with Gasteiger partial charge >= 0.3 is 5.69 Å². The fourth-order valence-electron chi connectivity index (χ4n) is 4.54. The van der Waals surface area contributed by atoms with Crippen molar-refractivity contribution >= 4 is 21.8 Å². The lowest BCUT2D eigenvalue weighted by molar-refractivity contribution is 0.803. The van der Waals surface area contributed by atoms with Crippen LogP contribution in [0, 0.1) is 13.8 Å². The maximum atomic E-state index is 13.4. The lowest BCUT2D eigenvalue weighted by atomic mass is 10.1. The van der Waals surface area contributed by atoms with Crippen molar-refractivity contribution in [1.82, 2.24) is 18.3 Å². The molecule has 0 spiro atoms. The first-order valence-corrected chi connectivity index (χ1v) is 9.79. The highest BCUT2D eigenvalue weighted by molar-refractivity contribution is 5.99. The molecule has 0 atom stereocenters. The summed E-state index contributed by atoms with van der Waals surface area (Å²) in [5, 5.41) is 2.23. The summed E-state index contributed by atoms with van der Waals surface area (Å²) in [6.45, 7) is 4.15. The van der Waals surface area contributed by atoms with E-state index >= 15 is 0 Å². The molecule has 0 aliphatic heterocycles. The summed E-state index contributed by atoms with van der Waals surface area (Å²) in [4.78, 5) is 13.4. The number of aromatic nitrogens is 4. The van der Waals surface area contributed by atoms with E-state index in [1.54, 1.807) is 4.57 Å². The van der Waals surface area contributed by atoms with Crippen LogP contribution in [0.25, 0.3) is 38.8 Å². The number of imidazole rings is 1. The minimum atomic E-state index is -0.0267. The third kappa shape index (κ3) is 2.24. The topological polar surface area (TPSA) is 36.8 Å². The van der Waals surface area contributed by atoms with Crippen molar-refractivity contribution in [3.63, 3.8) is 0 Å². The Morgan fingerprint density at radius 3 is 2.07 bits per heavy atom. The predicted molar refractivity (Wildman–Crippen MR) is 119 cm³/mol. The van der Waals surface area contributed by atoms with Crippen molar-refractivity contribution in [2.45, 2.75) is 13.8 Å². The molecule has 0 saturated carbocycles. The summed E-state index contributed by atoms with van der Waals surface area (Å²) in [6, 6.07) is 16.6.